The van der Waals surface area contributed by atoms with Gasteiger partial charge in [-0.2, -0.15) is 10.2 Å². The third-order valence-electron chi connectivity index (χ3n) is 7.29. The molecular weight excluding hydrogens is 562 g/mol. The molecule has 1 aliphatic rings. The average Bonchev–Trinajstić information content (AvgIpc) is 3.71. The van der Waals surface area contributed by atoms with Crippen LogP contribution >= 0.6 is 11.3 Å². The molecular formula is C30H28F2N6O3S. The Labute approximate surface area is 244 Å². The van der Waals surface area contributed by atoms with Gasteiger partial charge in [-0.1, -0.05) is 6.58 Å². The second kappa shape index (κ2) is 10.8. The molecule has 216 valence electrons. The molecule has 12 heteroatoms. The van der Waals surface area contributed by atoms with E-state index in [4.69, 9.17) is 14.8 Å². The van der Waals surface area contributed by atoms with E-state index in [0.717, 1.165) is 28.8 Å². The lowest BCUT2D eigenvalue weighted by Crippen LogP contribution is -2.40. The monoisotopic (exact) mass is 590 g/mol. The van der Waals surface area contributed by atoms with Crippen LogP contribution in [0.4, 0.5) is 8.78 Å². The number of hydrogen-bond acceptors (Lipinski definition) is 7. The summed E-state index contributed by atoms with van der Waals surface area (Å²) >= 11 is 1.39. The lowest BCUT2D eigenvalue weighted by molar-refractivity contribution is -0.129. The maximum absolute atomic E-state index is 15.8. The number of carbonyl (C=O) groups is 1. The molecule has 0 fully saturated rings. The lowest BCUT2D eigenvalue weighted by Gasteiger charge is -2.33. The number of aliphatic hydroxyl groups excluding tert-OH is 1. The van der Waals surface area contributed by atoms with Crippen LogP contribution in [-0.2, 0) is 18.4 Å². The van der Waals surface area contributed by atoms with Crippen LogP contribution in [0.2, 0.25) is 0 Å². The van der Waals surface area contributed by atoms with Crippen molar-refractivity contribution in [3.63, 3.8) is 0 Å². The van der Waals surface area contributed by atoms with Crippen molar-refractivity contribution in [2.24, 2.45) is 7.05 Å². The number of aliphatic hydroxyl groups is 1. The van der Waals surface area contributed by atoms with Crippen LogP contribution in [0.15, 0.2) is 54.7 Å². The quantitative estimate of drug-likeness (QED) is 0.257. The molecule has 6 rings (SSSR count). The number of benzene rings is 1. The molecule has 1 N–H and O–H groups in total. The summed E-state index contributed by atoms with van der Waals surface area (Å²) in [6, 6.07) is 5.38. The van der Waals surface area contributed by atoms with E-state index in [9.17, 15) is 14.3 Å². The zero-order valence-electron chi connectivity index (χ0n) is 23.2. The molecule has 5 aromatic rings. The smallest absolute Gasteiger partial charge is 0.246 e. The van der Waals surface area contributed by atoms with E-state index in [0.29, 0.717) is 40.4 Å². The standard InChI is InChI=1S/C30H28F2N6O3S/c1-5-25(40)37-7-8-38-23(17(37)3)12-22(35-38)29-27(26-21(32)10-19(31)11-24(26)41-15-16(2)39)30-20(6-9-42-30)28(34-29)18-13-33-36(4)14-18/h5-6,9-14,16-17,39H,1,7-8,15H2,2-4H3. The molecule has 2 unspecified atom stereocenters. The van der Waals surface area contributed by atoms with Crippen LogP contribution in [0.3, 0.4) is 0 Å². The molecule has 0 saturated heterocycles. The number of nitrogens with zero attached hydrogens (tertiary/aromatic N) is 6. The fourth-order valence-electron chi connectivity index (χ4n) is 5.36. The van der Waals surface area contributed by atoms with Gasteiger partial charge in [0.25, 0.3) is 0 Å². The Morgan fingerprint density at radius 1 is 1.26 bits per heavy atom. The summed E-state index contributed by atoms with van der Waals surface area (Å²) in [6.07, 6.45) is 3.98. The molecule has 0 bridgehead atoms. The second-order valence-electron chi connectivity index (χ2n) is 10.3. The van der Waals surface area contributed by atoms with Gasteiger partial charge in [-0.3, -0.25) is 14.2 Å². The van der Waals surface area contributed by atoms with Crippen molar-refractivity contribution in [2.45, 2.75) is 32.5 Å². The highest BCUT2D eigenvalue weighted by Crippen LogP contribution is 2.47. The van der Waals surface area contributed by atoms with E-state index >= 15 is 4.39 Å². The number of halogens is 2. The molecule has 2 atom stereocenters. The van der Waals surface area contributed by atoms with Gasteiger partial charge in [-0.15, -0.1) is 11.3 Å². The molecule has 1 aromatic carbocycles. The zero-order valence-corrected chi connectivity index (χ0v) is 24.0. The predicted molar refractivity (Wildman–Crippen MR) is 156 cm³/mol. The first kappa shape index (κ1) is 27.7. The van der Waals surface area contributed by atoms with Crippen molar-refractivity contribution in [2.75, 3.05) is 13.2 Å². The Morgan fingerprint density at radius 2 is 2.07 bits per heavy atom. The third-order valence-corrected chi connectivity index (χ3v) is 8.23. The summed E-state index contributed by atoms with van der Waals surface area (Å²) < 4.78 is 40.3. The highest BCUT2D eigenvalue weighted by Gasteiger charge is 2.31. The maximum Gasteiger partial charge on any atom is 0.246 e. The molecule has 5 heterocycles. The Hall–Kier alpha value is -4.42. The number of aromatic nitrogens is 5. The van der Waals surface area contributed by atoms with Gasteiger partial charge in [0, 0.05) is 53.1 Å². The Balaban J connectivity index is 1.64. The van der Waals surface area contributed by atoms with Crippen LogP contribution < -0.4 is 4.74 Å². The van der Waals surface area contributed by atoms with E-state index in [1.165, 1.54) is 24.3 Å². The van der Waals surface area contributed by atoms with E-state index in [1.54, 1.807) is 15.8 Å². The molecule has 0 spiro atoms. The van der Waals surface area contributed by atoms with Crippen LogP contribution in [0.1, 0.15) is 25.6 Å². The Kier molecular flexibility index (Phi) is 7.11. The maximum atomic E-state index is 15.8. The van der Waals surface area contributed by atoms with Gasteiger partial charge in [0.05, 0.1) is 41.8 Å². The van der Waals surface area contributed by atoms with Gasteiger partial charge in [0.2, 0.25) is 5.91 Å². The number of aryl methyl sites for hydroxylation is 1. The molecule has 1 aliphatic heterocycles. The molecule has 1 amide bonds. The van der Waals surface area contributed by atoms with Crippen LogP contribution in [0, 0.1) is 11.6 Å². The van der Waals surface area contributed by atoms with E-state index < -0.39 is 17.7 Å². The number of ether oxygens (including phenoxy) is 1. The number of hydrogen-bond donors (Lipinski definition) is 1. The van der Waals surface area contributed by atoms with Crippen LogP contribution in [0.5, 0.6) is 5.75 Å². The van der Waals surface area contributed by atoms with Crippen molar-refractivity contribution in [1.29, 1.82) is 0 Å². The number of carbonyl (C=O) groups excluding carboxylic acids is 1. The molecule has 0 radical (unpaired) electrons. The summed E-state index contributed by atoms with van der Waals surface area (Å²) in [5, 5.41) is 21.7. The van der Waals surface area contributed by atoms with Crippen molar-refractivity contribution >= 4 is 27.3 Å². The normalized spacial score (nSPS) is 15.6. The van der Waals surface area contributed by atoms with Crippen LogP contribution in [-0.4, -0.2) is 59.7 Å². The largest absolute Gasteiger partial charge is 0.490 e. The SMILES string of the molecule is C=CC(=O)N1CCn2nc(-c3nc(-c4cnn(C)c4)c4ccsc4c3-c3c(F)cc(F)cc3OCC(C)O)cc2C1C. The van der Waals surface area contributed by atoms with Gasteiger partial charge in [-0.05, 0) is 37.4 Å². The topological polar surface area (TPSA) is 98.3 Å². The van der Waals surface area contributed by atoms with Gasteiger partial charge >= 0.3 is 0 Å². The van der Waals surface area contributed by atoms with Gasteiger partial charge in [0.1, 0.15) is 35.4 Å². The first-order valence-corrected chi connectivity index (χ1v) is 14.3. The minimum atomic E-state index is -0.862. The van der Waals surface area contributed by atoms with Crippen molar-refractivity contribution in [3.8, 4) is 39.5 Å². The number of thiophene rings is 1. The molecule has 0 aliphatic carbocycles. The number of pyridine rings is 1. The third kappa shape index (κ3) is 4.76. The highest BCUT2D eigenvalue weighted by molar-refractivity contribution is 7.18. The molecule has 42 heavy (non-hydrogen) atoms. The molecule has 9 nitrogen and oxygen atoms in total. The van der Waals surface area contributed by atoms with Gasteiger partial charge < -0.3 is 14.7 Å². The van der Waals surface area contributed by atoms with Crippen molar-refractivity contribution in [3.05, 3.63) is 72.0 Å². The first-order valence-electron chi connectivity index (χ1n) is 13.4. The fourth-order valence-corrected chi connectivity index (χ4v) is 6.31. The molecule has 0 saturated carbocycles. The van der Waals surface area contributed by atoms with Crippen LogP contribution in [0.25, 0.3) is 43.9 Å². The predicted octanol–water partition coefficient (Wildman–Crippen LogP) is 5.35. The highest BCUT2D eigenvalue weighted by atomic mass is 32.1. The fraction of sp³-hybridized carbons (Fsp3) is 0.267. The van der Waals surface area contributed by atoms with Crippen molar-refractivity contribution < 1.29 is 23.4 Å². The minimum Gasteiger partial charge on any atom is -0.490 e. The number of amides is 1. The summed E-state index contributed by atoms with van der Waals surface area (Å²) in [7, 11) is 1.81. The van der Waals surface area contributed by atoms with Gasteiger partial charge in [-0.25, -0.2) is 13.8 Å². The summed E-state index contributed by atoms with van der Waals surface area (Å²) in [4.78, 5) is 19.3. The van der Waals surface area contributed by atoms with Gasteiger partial charge in [0.15, 0.2) is 0 Å². The summed E-state index contributed by atoms with van der Waals surface area (Å²) in [5.41, 5.74) is 3.43. The molecule has 4 aromatic heterocycles. The number of rotatable bonds is 7. The number of fused-ring (bicyclic) bond motifs is 2. The van der Waals surface area contributed by atoms with E-state index in [1.807, 2.05) is 42.4 Å². The first-order chi connectivity index (χ1) is 20.2. The van der Waals surface area contributed by atoms with E-state index in [-0.39, 0.29) is 29.9 Å². The lowest BCUT2D eigenvalue weighted by atomic mass is 9.97. The second-order valence-corrected chi connectivity index (χ2v) is 11.2. The summed E-state index contributed by atoms with van der Waals surface area (Å²) in [6.45, 7) is 7.81. The average molecular weight is 591 g/mol. The Bertz CT molecular complexity index is 1840. The Morgan fingerprint density at radius 3 is 2.79 bits per heavy atom. The minimum absolute atomic E-state index is 0.0206. The summed E-state index contributed by atoms with van der Waals surface area (Å²) in [5.74, 6) is -1.87. The zero-order chi connectivity index (χ0) is 29.7. The van der Waals surface area contributed by atoms with Crippen molar-refractivity contribution in [1.82, 2.24) is 29.4 Å². The van der Waals surface area contributed by atoms with E-state index in [2.05, 4.69) is 11.7 Å².